The van der Waals surface area contributed by atoms with Crippen molar-refractivity contribution >= 4 is 39.9 Å². The number of anilines is 2. The molecule has 35 heavy (non-hydrogen) atoms. The molecule has 2 aromatic heterocycles. The number of hydrogen-bond acceptors (Lipinski definition) is 6. The predicted molar refractivity (Wildman–Crippen MR) is 131 cm³/mol. The van der Waals surface area contributed by atoms with Crippen LogP contribution in [0.1, 0.15) is 24.2 Å². The largest absolute Gasteiger partial charge is 0.457 e. The monoisotopic (exact) mass is 496 g/mol. The summed E-state index contributed by atoms with van der Waals surface area (Å²) >= 11 is 6.51. The van der Waals surface area contributed by atoms with Crippen molar-refractivity contribution in [3.05, 3.63) is 76.8 Å². The molecule has 1 unspecified atom stereocenters. The third kappa shape index (κ3) is 4.18. The summed E-state index contributed by atoms with van der Waals surface area (Å²) in [6.07, 6.45) is 2.09. The Morgan fingerprint density at radius 2 is 2.00 bits per heavy atom. The quantitative estimate of drug-likeness (QED) is 0.299. The van der Waals surface area contributed by atoms with Gasteiger partial charge in [0.1, 0.15) is 34.6 Å². The van der Waals surface area contributed by atoms with Crippen LogP contribution in [0.4, 0.5) is 15.8 Å². The highest BCUT2D eigenvalue weighted by molar-refractivity contribution is 6.31. The molecule has 8 nitrogen and oxygen atoms in total. The number of nitrogens with one attached hydrogen (secondary N) is 3. The van der Waals surface area contributed by atoms with Crippen molar-refractivity contribution in [1.29, 1.82) is 0 Å². The minimum absolute atomic E-state index is 0.142. The molecule has 1 aliphatic heterocycles. The number of nitrogens with zero attached hydrogens (tertiary/aromatic N) is 1. The first kappa shape index (κ1) is 23.1. The molecule has 0 saturated heterocycles. The Bertz CT molecular complexity index is 1440. The number of aromatic amines is 1. The van der Waals surface area contributed by atoms with E-state index in [2.05, 4.69) is 20.6 Å². The van der Waals surface area contributed by atoms with Crippen LogP contribution in [0, 0.1) is 5.82 Å². The van der Waals surface area contributed by atoms with Crippen LogP contribution in [0.2, 0.25) is 5.02 Å². The molecule has 0 spiro atoms. The molecule has 0 bridgehead atoms. The van der Waals surface area contributed by atoms with Gasteiger partial charge in [-0.15, -0.1) is 0 Å². The lowest BCUT2D eigenvalue weighted by Gasteiger charge is -2.35. The lowest BCUT2D eigenvalue weighted by Crippen LogP contribution is -2.53. The van der Waals surface area contributed by atoms with Crippen molar-refractivity contribution < 1.29 is 23.8 Å². The Hall–Kier alpha value is -3.66. The fourth-order valence-corrected chi connectivity index (χ4v) is 4.44. The maximum Gasteiger partial charge on any atom is 0.252 e. The summed E-state index contributed by atoms with van der Waals surface area (Å²) in [6, 6.07) is 10.6. The Morgan fingerprint density at radius 1 is 1.20 bits per heavy atom. The molecule has 1 amide bonds. The first-order chi connectivity index (χ1) is 16.8. The zero-order valence-electron chi connectivity index (χ0n) is 18.9. The van der Waals surface area contributed by atoms with Crippen LogP contribution in [0.5, 0.6) is 11.5 Å². The van der Waals surface area contributed by atoms with E-state index in [4.69, 9.17) is 21.1 Å². The van der Waals surface area contributed by atoms with E-state index in [1.807, 2.05) is 0 Å². The number of methoxy groups -OCH3 is 1. The van der Waals surface area contributed by atoms with Gasteiger partial charge in [0.25, 0.3) is 5.91 Å². The van der Waals surface area contributed by atoms with E-state index in [1.54, 1.807) is 49.6 Å². The molecule has 0 fully saturated rings. The van der Waals surface area contributed by atoms with Gasteiger partial charge in [0.15, 0.2) is 0 Å². The highest BCUT2D eigenvalue weighted by Crippen LogP contribution is 2.42. The summed E-state index contributed by atoms with van der Waals surface area (Å²) in [4.78, 5) is 20.1. The topological polar surface area (TPSA) is 108 Å². The number of aromatic nitrogens is 2. The third-order valence-corrected chi connectivity index (χ3v) is 6.24. The highest BCUT2D eigenvalue weighted by atomic mass is 35.5. The number of fused-ring (bicyclic) bond motifs is 3. The van der Waals surface area contributed by atoms with Crippen LogP contribution >= 0.6 is 11.6 Å². The smallest absolute Gasteiger partial charge is 0.252 e. The number of rotatable bonds is 6. The van der Waals surface area contributed by atoms with Crippen molar-refractivity contribution in [2.24, 2.45) is 0 Å². The van der Waals surface area contributed by atoms with Gasteiger partial charge in [0.2, 0.25) is 0 Å². The Balaban J connectivity index is 1.50. The molecule has 10 heteroatoms. The highest BCUT2D eigenvalue weighted by Gasteiger charge is 2.39. The molecule has 4 aromatic rings. The van der Waals surface area contributed by atoms with Gasteiger partial charge >= 0.3 is 0 Å². The van der Waals surface area contributed by atoms with Crippen LogP contribution in [0.3, 0.4) is 0 Å². The summed E-state index contributed by atoms with van der Waals surface area (Å²) in [5.74, 6) is 0.0658. The van der Waals surface area contributed by atoms with Gasteiger partial charge in [-0.1, -0.05) is 23.7 Å². The fourth-order valence-electron chi connectivity index (χ4n) is 4.17. The van der Waals surface area contributed by atoms with Crippen molar-refractivity contribution in [3.8, 4) is 11.5 Å². The number of ether oxygens (including phenoxy) is 2. The number of carbonyl (C=O) groups is 1. The number of aliphatic hydroxyl groups excluding tert-OH is 1. The summed E-state index contributed by atoms with van der Waals surface area (Å²) in [7, 11) is 1.52. The minimum Gasteiger partial charge on any atom is -0.457 e. The zero-order valence-corrected chi connectivity index (χ0v) is 19.6. The molecule has 2 aromatic carbocycles. The Labute approximate surface area is 205 Å². The molecule has 5 rings (SSSR count). The normalized spacial score (nSPS) is 18.0. The second-order valence-corrected chi connectivity index (χ2v) is 8.91. The van der Waals surface area contributed by atoms with Crippen LogP contribution in [-0.2, 0) is 9.53 Å². The van der Waals surface area contributed by atoms with Gasteiger partial charge in [-0.25, -0.2) is 9.37 Å². The number of hydrogen-bond donors (Lipinski definition) is 4. The van der Waals surface area contributed by atoms with E-state index in [0.717, 1.165) is 0 Å². The number of benzene rings is 2. The number of carbonyl (C=O) groups excluding carboxylic acids is 1. The number of pyridine rings is 1. The van der Waals surface area contributed by atoms with E-state index in [9.17, 15) is 14.3 Å². The minimum atomic E-state index is -1.11. The standard InChI is InChI=1S/C25H22ClFN4O4/c1-25(12-34-2)24(33)30-19-11-29-23-20(21(19)31-25)17(10-28-23)22(32)16-7-6-15(9-18(16)26)35-14-5-3-4-13(27)8-14/h3-11,22,31-32H,12H2,1-2H3,(H,28,29)(H,30,33)/t22?,25-/m0/s1. The average molecular weight is 497 g/mol. The lowest BCUT2D eigenvalue weighted by molar-refractivity contribution is -0.121. The molecule has 2 atom stereocenters. The van der Waals surface area contributed by atoms with Crippen LogP contribution in [0.25, 0.3) is 11.0 Å². The summed E-state index contributed by atoms with van der Waals surface area (Å²) in [6.45, 7) is 1.88. The molecule has 3 heterocycles. The second kappa shape index (κ2) is 8.84. The lowest BCUT2D eigenvalue weighted by atomic mass is 9.95. The van der Waals surface area contributed by atoms with Gasteiger partial charge < -0.3 is 30.2 Å². The van der Waals surface area contributed by atoms with E-state index >= 15 is 0 Å². The maximum absolute atomic E-state index is 13.5. The molecule has 4 N–H and O–H groups in total. The molecule has 0 radical (unpaired) electrons. The van der Waals surface area contributed by atoms with Crippen LogP contribution in [-0.4, -0.2) is 40.2 Å². The Morgan fingerprint density at radius 3 is 2.74 bits per heavy atom. The van der Waals surface area contributed by atoms with E-state index in [1.165, 1.54) is 19.2 Å². The number of amides is 1. The van der Waals surface area contributed by atoms with E-state index < -0.39 is 17.5 Å². The van der Waals surface area contributed by atoms with Crippen molar-refractivity contribution in [2.45, 2.75) is 18.6 Å². The average Bonchev–Trinajstić information content (AvgIpc) is 3.25. The Kier molecular flexibility index (Phi) is 5.84. The molecular weight excluding hydrogens is 475 g/mol. The third-order valence-electron chi connectivity index (χ3n) is 5.91. The van der Waals surface area contributed by atoms with Crippen molar-refractivity contribution in [1.82, 2.24) is 9.97 Å². The second-order valence-electron chi connectivity index (χ2n) is 8.50. The summed E-state index contributed by atoms with van der Waals surface area (Å²) < 4.78 is 24.4. The van der Waals surface area contributed by atoms with Gasteiger partial charge in [-0.05, 0) is 31.2 Å². The maximum atomic E-state index is 13.5. The van der Waals surface area contributed by atoms with Crippen molar-refractivity contribution in [3.63, 3.8) is 0 Å². The predicted octanol–water partition coefficient (Wildman–Crippen LogP) is 5.00. The molecular formula is C25H22ClFN4O4. The molecule has 0 aliphatic carbocycles. The number of aliphatic hydroxyl groups is 1. The number of H-pyrrole nitrogens is 1. The summed E-state index contributed by atoms with van der Waals surface area (Å²) in [5.41, 5.74) is 1.59. The summed E-state index contributed by atoms with van der Waals surface area (Å²) in [5, 5.41) is 18.3. The van der Waals surface area contributed by atoms with Crippen LogP contribution < -0.4 is 15.4 Å². The van der Waals surface area contributed by atoms with Gasteiger partial charge in [0, 0.05) is 30.5 Å². The van der Waals surface area contributed by atoms with Crippen LogP contribution in [0.15, 0.2) is 54.9 Å². The fraction of sp³-hybridized carbons (Fsp3) is 0.200. The van der Waals surface area contributed by atoms with Gasteiger partial charge in [-0.2, -0.15) is 0 Å². The van der Waals surface area contributed by atoms with Gasteiger partial charge in [-0.3, -0.25) is 4.79 Å². The van der Waals surface area contributed by atoms with E-state index in [-0.39, 0.29) is 17.5 Å². The number of halogens is 2. The van der Waals surface area contributed by atoms with Gasteiger partial charge in [0.05, 0.1) is 34.6 Å². The first-order valence-electron chi connectivity index (χ1n) is 10.8. The van der Waals surface area contributed by atoms with E-state index in [0.29, 0.717) is 45.0 Å². The molecule has 0 saturated carbocycles. The SMILES string of the molecule is COC[C@]1(C)Nc2c(cnc3[nH]cc(C(O)c4ccc(Oc5cccc(F)c5)cc4Cl)c23)NC1=O. The first-order valence-corrected chi connectivity index (χ1v) is 11.2. The van der Waals surface area contributed by atoms with Crippen molar-refractivity contribution in [2.75, 3.05) is 24.4 Å². The molecule has 180 valence electrons. The molecule has 1 aliphatic rings. The zero-order chi connectivity index (χ0) is 24.7.